The number of thioether (sulfide) groups is 1. The highest BCUT2D eigenvalue weighted by Crippen LogP contribution is 2.26. The van der Waals surface area contributed by atoms with E-state index in [0.717, 1.165) is 13.0 Å². The van der Waals surface area contributed by atoms with Crippen molar-refractivity contribution in [3.8, 4) is 0 Å². The number of rotatable bonds is 5. The Bertz CT molecular complexity index is 439. The van der Waals surface area contributed by atoms with Gasteiger partial charge in [-0.3, -0.25) is 0 Å². The minimum atomic E-state index is 0.153. The molecule has 1 aliphatic rings. The zero-order valence-electron chi connectivity index (χ0n) is 14.0. The molecule has 1 aromatic rings. The van der Waals surface area contributed by atoms with Crippen LogP contribution in [-0.2, 0) is 11.8 Å². The van der Waals surface area contributed by atoms with Crippen molar-refractivity contribution in [2.24, 2.45) is 0 Å². The predicted octanol–water partition coefficient (Wildman–Crippen LogP) is 3.01. The second-order valence-corrected chi connectivity index (χ2v) is 8.96. The molecule has 120 valence electrons. The lowest BCUT2D eigenvalue weighted by Gasteiger charge is -2.38. The standard InChI is InChI=1S/C16H29N3S2/c1-6-17-12(13-10-20-8-7-19(13)5)9-15-18-14(11-21-15)16(2,3)4/h11-13,17H,6-10H2,1-5H3. The van der Waals surface area contributed by atoms with Crippen LogP contribution in [0.3, 0.4) is 0 Å². The quantitative estimate of drug-likeness (QED) is 0.900. The maximum atomic E-state index is 4.88. The first-order valence-electron chi connectivity index (χ1n) is 7.88. The summed E-state index contributed by atoms with van der Waals surface area (Å²) in [4.78, 5) is 7.39. The zero-order chi connectivity index (χ0) is 15.5. The maximum Gasteiger partial charge on any atom is 0.0944 e. The molecule has 2 rings (SSSR count). The highest BCUT2D eigenvalue weighted by atomic mass is 32.2. The van der Waals surface area contributed by atoms with Gasteiger partial charge in [0.15, 0.2) is 0 Å². The van der Waals surface area contributed by atoms with Crippen molar-refractivity contribution >= 4 is 23.1 Å². The first kappa shape index (κ1) is 17.3. The molecule has 1 saturated heterocycles. The first-order valence-corrected chi connectivity index (χ1v) is 9.91. The van der Waals surface area contributed by atoms with Crippen LogP contribution in [0.5, 0.6) is 0 Å². The van der Waals surface area contributed by atoms with E-state index in [1.54, 1.807) is 0 Å². The van der Waals surface area contributed by atoms with Gasteiger partial charge < -0.3 is 10.2 Å². The van der Waals surface area contributed by atoms with E-state index in [1.807, 2.05) is 11.3 Å². The third-order valence-electron chi connectivity index (χ3n) is 4.09. The van der Waals surface area contributed by atoms with Crippen LogP contribution in [0.15, 0.2) is 5.38 Å². The van der Waals surface area contributed by atoms with Crippen molar-refractivity contribution in [2.75, 3.05) is 31.6 Å². The van der Waals surface area contributed by atoms with Crippen LogP contribution in [0.1, 0.15) is 38.4 Å². The summed E-state index contributed by atoms with van der Waals surface area (Å²) in [6.45, 7) is 11.1. The normalized spacial score (nSPS) is 22.4. The van der Waals surface area contributed by atoms with Gasteiger partial charge in [0.25, 0.3) is 0 Å². The summed E-state index contributed by atoms with van der Waals surface area (Å²) in [6, 6.07) is 1.12. The first-order chi connectivity index (χ1) is 9.91. The van der Waals surface area contributed by atoms with Crippen LogP contribution in [0.4, 0.5) is 0 Å². The number of nitrogens with one attached hydrogen (secondary N) is 1. The Hall–Kier alpha value is -0.100. The van der Waals surface area contributed by atoms with Crippen LogP contribution in [0.2, 0.25) is 0 Å². The number of hydrogen-bond acceptors (Lipinski definition) is 5. The van der Waals surface area contributed by atoms with Crippen molar-refractivity contribution in [3.63, 3.8) is 0 Å². The highest BCUT2D eigenvalue weighted by Gasteiger charge is 2.28. The largest absolute Gasteiger partial charge is 0.312 e. The number of aromatic nitrogens is 1. The van der Waals surface area contributed by atoms with E-state index in [0.29, 0.717) is 12.1 Å². The second-order valence-electron chi connectivity index (χ2n) is 6.87. The van der Waals surface area contributed by atoms with Gasteiger partial charge in [-0.1, -0.05) is 27.7 Å². The summed E-state index contributed by atoms with van der Waals surface area (Å²) in [6.07, 6.45) is 1.05. The van der Waals surface area contributed by atoms with E-state index < -0.39 is 0 Å². The molecular formula is C16H29N3S2. The average Bonchev–Trinajstić information content (AvgIpc) is 2.87. The Labute approximate surface area is 137 Å². The molecule has 0 spiro atoms. The van der Waals surface area contributed by atoms with E-state index in [1.165, 1.54) is 28.8 Å². The topological polar surface area (TPSA) is 28.2 Å². The average molecular weight is 328 g/mol. The highest BCUT2D eigenvalue weighted by molar-refractivity contribution is 7.99. The van der Waals surface area contributed by atoms with Gasteiger partial charge in [0.1, 0.15) is 0 Å². The number of hydrogen-bond donors (Lipinski definition) is 1. The molecule has 0 amide bonds. The molecule has 0 saturated carbocycles. The summed E-state index contributed by atoms with van der Waals surface area (Å²) in [7, 11) is 2.26. The molecule has 5 heteroatoms. The molecule has 2 heterocycles. The monoisotopic (exact) mass is 327 g/mol. The minimum absolute atomic E-state index is 0.153. The van der Waals surface area contributed by atoms with Crippen molar-refractivity contribution in [1.29, 1.82) is 0 Å². The van der Waals surface area contributed by atoms with Gasteiger partial charge in [0.2, 0.25) is 0 Å². The Morgan fingerprint density at radius 3 is 2.81 bits per heavy atom. The summed E-state index contributed by atoms with van der Waals surface area (Å²) in [5.41, 5.74) is 1.38. The molecule has 1 aliphatic heterocycles. The summed E-state index contributed by atoms with van der Waals surface area (Å²) in [5.74, 6) is 2.49. The Balaban J connectivity index is 2.07. The van der Waals surface area contributed by atoms with Gasteiger partial charge in [-0.25, -0.2) is 4.98 Å². The molecule has 0 radical (unpaired) electrons. The van der Waals surface area contributed by atoms with Gasteiger partial charge in [-0.05, 0) is 13.6 Å². The Kier molecular flexibility index (Phi) is 6.12. The van der Waals surface area contributed by atoms with E-state index in [9.17, 15) is 0 Å². The minimum Gasteiger partial charge on any atom is -0.312 e. The van der Waals surface area contributed by atoms with Crippen molar-refractivity contribution < 1.29 is 0 Å². The van der Waals surface area contributed by atoms with E-state index in [2.05, 4.69) is 62.1 Å². The third-order valence-corrected chi connectivity index (χ3v) is 6.01. The summed E-state index contributed by atoms with van der Waals surface area (Å²) >= 11 is 3.90. The number of nitrogens with zero attached hydrogens (tertiary/aromatic N) is 2. The SMILES string of the molecule is CCNC(Cc1nc(C(C)(C)C)cs1)C1CSCCN1C. The fourth-order valence-corrected chi connectivity index (χ4v) is 5.07. The third kappa shape index (κ3) is 4.68. The van der Waals surface area contributed by atoms with Gasteiger partial charge in [0.05, 0.1) is 10.7 Å². The molecule has 1 fully saturated rings. The van der Waals surface area contributed by atoms with Crippen LogP contribution in [0.25, 0.3) is 0 Å². The van der Waals surface area contributed by atoms with E-state index in [-0.39, 0.29) is 5.41 Å². The van der Waals surface area contributed by atoms with Crippen LogP contribution in [0, 0.1) is 0 Å². The lowest BCUT2D eigenvalue weighted by molar-refractivity contribution is 0.215. The zero-order valence-corrected chi connectivity index (χ0v) is 15.6. The lowest BCUT2D eigenvalue weighted by Crippen LogP contribution is -2.53. The molecule has 1 N–H and O–H groups in total. The van der Waals surface area contributed by atoms with Crippen LogP contribution in [-0.4, -0.2) is 53.6 Å². The molecule has 21 heavy (non-hydrogen) atoms. The van der Waals surface area contributed by atoms with Crippen LogP contribution < -0.4 is 5.32 Å². The Morgan fingerprint density at radius 1 is 1.48 bits per heavy atom. The lowest BCUT2D eigenvalue weighted by atomic mass is 9.93. The molecule has 2 atom stereocenters. The van der Waals surface area contributed by atoms with E-state index >= 15 is 0 Å². The van der Waals surface area contributed by atoms with E-state index in [4.69, 9.17) is 4.98 Å². The second kappa shape index (κ2) is 7.44. The van der Waals surface area contributed by atoms with Crippen molar-refractivity contribution in [2.45, 2.75) is 51.6 Å². The molecule has 0 aromatic carbocycles. The Morgan fingerprint density at radius 2 is 2.24 bits per heavy atom. The van der Waals surface area contributed by atoms with Gasteiger partial charge in [0, 0.05) is 47.4 Å². The maximum absolute atomic E-state index is 4.88. The smallest absolute Gasteiger partial charge is 0.0944 e. The molecule has 3 nitrogen and oxygen atoms in total. The fraction of sp³-hybridized carbons (Fsp3) is 0.812. The van der Waals surface area contributed by atoms with Gasteiger partial charge in [-0.2, -0.15) is 11.8 Å². The summed E-state index contributed by atoms with van der Waals surface area (Å²) < 4.78 is 0. The fourth-order valence-electron chi connectivity index (χ4n) is 2.67. The number of thiazole rings is 1. The van der Waals surface area contributed by atoms with Crippen molar-refractivity contribution in [1.82, 2.24) is 15.2 Å². The van der Waals surface area contributed by atoms with Gasteiger partial charge >= 0.3 is 0 Å². The number of likely N-dealkylation sites (N-methyl/N-ethyl adjacent to an activating group) is 2. The predicted molar refractivity (Wildman–Crippen MR) is 95.7 cm³/mol. The summed E-state index contributed by atoms with van der Waals surface area (Å²) in [5, 5.41) is 7.20. The molecular weight excluding hydrogens is 298 g/mol. The van der Waals surface area contributed by atoms with Crippen molar-refractivity contribution in [3.05, 3.63) is 16.1 Å². The molecule has 0 bridgehead atoms. The molecule has 1 aromatic heterocycles. The van der Waals surface area contributed by atoms with Gasteiger partial charge in [-0.15, -0.1) is 11.3 Å². The molecule has 0 aliphatic carbocycles. The molecule has 2 unspecified atom stereocenters. The van der Waals surface area contributed by atoms with Crippen LogP contribution >= 0.6 is 23.1 Å².